The minimum absolute atomic E-state index is 0.319. The number of rotatable bonds is 7. The molecule has 0 aromatic heterocycles. The standard InChI is InChI=1S/C16H32N2O3/c1-10(2)12(11(3)4)9-17-14(21)18-16(7,8)15(5,6)13(19)20/h10-12H,9H2,1-8H3,(H,19,20)(H2,17,18,21). The van der Waals surface area contributed by atoms with Crippen molar-refractivity contribution in [2.24, 2.45) is 23.2 Å². The van der Waals surface area contributed by atoms with Crippen molar-refractivity contribution in [1.29, 1.82) is 0 Å². The molecule has 0 aliphatic heterocycles. The van der Waals surface area contributed by atoms with Gasteiger partial charge in [0.15, 0.2) is 0 Å². The number of carbonyl (C=O) groups excluding carboxylic acids is 1. The molecule has 2 amide bonds. The summed E-state index contributed by atoms with van der Waals surface area (Å²) in [5.41, 5.74) is -1.91. The molecule has 0 aromatic rings. The van der Waals surface area contributed by atoms with Gasteiger partial charge in [0, 0.05) is 6.54 Å². The van der Waals surface area contributed by atoms with Crippen LogP contribution in [-0.2, 0) is 4.79 Å². The van der Waals surface area contributed by atoms with Crippen LogP contribution in [0.5, 0.6) is 0 Å². The molecule has 0 unspecified atom stereocenters. The van der Waals surface area contributed by atoms with Gasteiger partial charge in [-0.25, -0.2) is 4.79 Å². The zero-order valence-corrected chi connectivity index (χ0v) is 14.7. The number of aliphatic carboxylic acids is 1. The molecule has 0 radical (unpaired) electrons. The van der Waals surface area contributed by atoms with Gasteiger partial charge in [-0.15, -0.1) is 0 Å². The maximum absolute atomic E-state index is 12.1. The highest BCUT2D eigenvalue weighted by Gasteiger charge is 2.44. The molecule has 0 saturated heterocycles. The summed E-state index contributed by atoms with van der Waals surface area (Å²) < 4.78 is 0. The summed E-state index contributed by atoms with van der Waals surface area (Å²) in [7, 11) is 0. The molecular formula is C16H32N2O3. The second-order valence-corrected chi connectivity index (χ2v) is 7.54. The topological polar surface area (TPSA) is 78.4 Å². The second-order valence-electron chi connectivity index (χ2n) is 7.54. The summed E-state index contributed by atoms with van der Waals surface area (Å²) in [6, 6.07) is -0.319. The Morgan fingerprint density at radius 1 is 1.00 bits per heavy atom. The maximum Gasteiger partial charge on any atom is 0.315 e. The van der Waals surface area contributed by atoms with Crippen LogP contribution in [-0.4, -0.2) is 29.2 Å². The first-order valence-electron chi connectivity index (χ1n) is 7.62. The lowest BCUT2D eigenvalue weighted by Gasteiger charge is -2.39. The summed E-state index contributed by atoms with van der Waals surface area (Å²) in [6.45, 7) is 15.8. The number of carbonyl (C=O) groups is 2. The number of carboxylic acids is 1. The molecule has 3 N–H and O–H groups in total. The van der Waals surface area contributed by atoms with Gasteiger partial charge in [-0.2, -0.15) is 0 Å². The molecule has 0 aliphatic carbocycles. The first-order chi connectivity index (χ1) is 9.33. The van der Waals surface area contributed by atoms with Crippen molar-refractivity contribution in [3.63, 3.8) is 0 Å². The normalized spacial score (nSPS) is 12.9. The van der Waals surface area contributed by atoms with Gasteiger partial charge >= 0.3 is 12.0 Å². The van der Waals surface area contributed by atoms with Crippen molar-refractivity contribution in [2.45, 2.75) is 60.9 Å². The molecule has 124 valence electrons. The van der Waals surface area contributed by atoms with Crippen LogP contribution in [0, 0.1) is 23.2 Å². The molecule has 0 bridgehead atoms. The summed E-state index contributed by atoms with van der Waals surface area (Å²) >= 11 is 0. The third-order valence-electron chi connectivity index (χ3n) is 4.73. The highest BCUT2D eigenvalue weighted by Crippen LogP contribution is 2.30. The van der Waals surface area contributed by atoms with E-state index >= 15 is 0 Å². The molecule has 21 heavy (non-hydrogen) atoms. The average molecular weight is 300 g/mol. The third kappa shape index (κ3) is 5.21. The van der Waals surface area contributed by atoms with E-state index in [0.717, 1.165) is 0 Å². The van der Waals surface area contributed by atoms with Crippen molar-refractivity contribution in [3.8, 4) is 0 Å². The zero-order chi connectivity index (χ0) is 17.0. The van der Waals surface area contributed by atoms with Gasteiger partial charge in [-0.3, -0.25) is 4.79 Å². The van der Waals surface area contributed by atoms with Gasteiger partial charge in [0.2, 0.25) is 0 Å². The average Bonchev–Trinajstić information content (AvgIpc) is 2.26. The Morgan fingerprint density at radius 2 is 1.43 bits per heavy atom. The van der Waals surface area contributed by atoms with Crippen LogP contribution in [0.4, 0.5) is 4.79 Å². The molecule has 0 aliphatic rings. The molecule has 0 spiro atoms. The highest BCUT2D eigenvalue weighted by atomic mass is 16.4. The van der Waals surface area contributed by atoms with E-state index in [1.54, 1.807) is 27.7 Å². The van der Waals surface area contributed by atoms with Gasteiger partial charge in [-0.05, 0) is 45.4 Å². The van der Waals surface area contributed by atoms with Gasteiger partial charge < -0.3 is 15.7 Å². The molecular weight excluding hydrogens is 268 g/mol. The van der Waals surface area contributed by atoms with Crippen LogP contribution in [0.15, 0.2) is 0 Å². The maximum atomic E-state index is 12.1. The van der Waals surface area contributed by atoms with E-state index < -0.39 is 16.9 Å². The Hall–Kier alpha value is -1.26. The molecule has 5 heteroatoms. The molecule has 0 atom stereocenters. The van der Waals surface area contributed by atoms with Crippen LogP contribution in [0.3, 0.4) is 0 Å². The second kappa shape index (κ2) is 7.14. The Morgan fingerprint density at radius 3 is 1.76 bits per heavy atom. The fraction of sp³-hybridized carbons (Fsp3) is 0.875. The van der Waals surface area contributed by atoms with E-state index in [4.69, 9.17) is 0 Å². The number of amides is 2. The van der Waals surface area contributed by atoms with Crippen LogP contribution in [0.25, 0.3) is 0 Å². The number of hydrogen-bond donors (Lipinski definition) is 3. The van der Waals surface area contributed by atoms with Crippen LogP contribution in [0.1, 0.15) is 55.4 Å². The van der Waals surface area contributed by atoms with E-state index in [1.165, 1.54) is 0 Å². The molecule has 0 heterocycles. The first-order valence-corrected chi connectivity index (χ1v) is 7.62. The Balaban J connectivity index is 4.67. The van der Waals surface area contributed by atoms with Crippen molar-refractivity contribution in [1.82, 2.24) is 10.6 Å². The molecule has 0 saturated carbocycles. The summed E-state index contributed by atoms with van der Waals surface area (Å²) in [5.74, 6) is 0.420. The summed E-state index contributed by atoms with van der Waals surface area (Å²) in [4.78, 5) is 23.4. The SMILES string of the molecule is CC(C)C(CNC(=O)NC(C)(C)C(C)(C)C(=O)O)C(C)C. The van der Waals surface area contributed by atoms with Crippen molar-refractivity contribution < 1.29 is 14.7 Å². The number of urea groups is 1. The monoisotopic (exact) mass is 300 g/mol. The number of nitrogens with one attached hydrogen (secondary N) is 2. The van der Waals surface area contributed by atoms with E-state index in [0.29, 0.717) is 24.3 Å². The highest BCUT2D eigenvalue weighted by molar-refractivity contribution is 5.79. The number of hydrogen-bond acceptors (Lipinski definition) is 2. The van der Waals surface area contributed by atoms with Crippen molar-refractivity contribution in [2.75, 3.05) is 6.54 Å². The van der Waals surface area contributed by atoms with Gasteiger partial charge in [0.25, 0.3) is 0 Å². The third-order valence-corrected chi connectivity index (χ3v) is 4.73. The number of carboxylic acid groups (broad SMARTS) is 1. The van der Waals surface area contributed by atoms with Crippen molar-refractivity contribution in [3.05, 3.63) is 0 Å². The minimum atomic E-state index is -1.06. The van der Waals surface area contributed by atoms with E-state index in [-0.39, 0.29) is 6.03 Å². The fourth-order valence-electron chi connectivity index (χ4n) is 2.20. The smallest absolute Gasteiger partial charge is 0.315 e. The van der Waals surface area contributed by atoms with Crippen LogP contribution in [0.2, 0.25) is 0 Å². The van der Waals surface area contributed by atoms with E-state index in [1.807, 2.05) is 0 Å². The van der Waals surface area contributed by atoms with Gasteiger partial charge in [0.1, 0.15) is 0 Å². The predicted molar refractivity (Wildman–Crippen MR) is 85.2 cm³/mol. The predicted octanol–water partition coefficient (Wildman–Crippen LogP) is 3.10. The molecule has 0 rings (SSSR count). The quantitative estimate of drug-likeness (QED) is 0.676. The lowest BCUT2D eigenvalue weighted by atomic mass is 9.74. The Kier molecular flexibility index (Phi) is 6.71. The lowest BCUT2D eigenvalue weighted by molar-refractivity contribution is -0.150. The van der Waals surface area contributed by atoms with Gasteiger partial charge in [-0.1, -0.05) is 27.7 Å². The minimum Gasteiger partial charge on any atom is -0.481 e. The molecule has 5 nitrogen and oxygen atoms in total. The van der Waals surface area contributed by atoms with Crippen LogP contribution < -0.4 is 10.6 Å². The largest absolute Gasteiger partial charge is 0.481 e. The zero-order valence-electron chi connectivity index (χ0n) is 14.7. The Labute approximate surface area is 128 Å². The van der Waals surface area contributed by atoms with Crippen LogP contribution >= 0.6 is 0 Å². The molecule has 0 fully saturated rings. The van der Waals surface area contributed by atoms with E-state index in [2.05, 4.69) is 38.3 Å². The summed E-state index contributed by atoms with van der Waals surface area (Å²) in [6.07, 6.45) is 0. The molecule has 0 aromatic carbocycles. The van der Waals surface area contributed by atoms with Crippen molar-refractivity contribution >= 4 is 12.0 Å². The fourth-order valence-corrected chi connectivity index (χ4v) is 2.20. The lowest BCUT2D eigenvalue weighted by Crippen LogP contribution is -2.59. The van der Waals surface area contributed by atoms with Gasteiger partial charge in [0.05, 0.1) is 11.0 Å². The van der Waals surface area contributed by atoms with E-state index in [9.17, 15) is 14.7 Å². The Bertz CT molecular complexity index is 366. The first kappa shape index (κ1) is 19.7. The summed E-state index contributed by atoms with van der Waals surface area (Å²) in [5, 5.41) is 14.9.